The summed E-state index contributed by atoms with van der Waals surface area (Å²) in [5.41, 5.74) is 1.38. The highest BCUT2D eigenvalue weighted by Crippen LogP contribution is 2.29. The summed E-state index contributed by atoms with van der Waals surface area (Å²) in [5, 5.41) is 0.453. The molecule has 0 saturated carbocycles. The standard InChI is InChI=1S/C10H13ClFNO/c1-7(12)10-8(5-6-14-13)3-2-4-9(10)11/h2-4,7H,5-6,13H2,1H3. The zero-order valence-electron chi connectivity index (χ0n) is 7.97. The van der Waals surface area contributed by atoms with Crippen LogP contribution in [0, 0.1) is 0 Å². The van der Waals surface area contributed by atoms with Gasteiger partial charge in [-0.1, -0.05) is 23.7 Å². The molecule has 1 unspecified atom stereocenters. The lowest BCUT2D eigenvalue weighted by molar-refractivity contribution is 0.141. The van der Waals surface area contributed by atoms with Gasteiger partial charge in [0.15, 0.2) is 0 Å². The van der Waals surface area contributed by atoms with Crippen molar-refractivity contribution in [2.24, 2.45) is 5.90 Å². The van der Waals surface area contributed by atoms with Crippen LogP contribution in [-0.2, 0) is 11.3 Å². The average Bonchev–Trinajstić information content (AvgIpc) is 2.14. The Morgan fingerprint density at radius 3 is 2.86 bits per heavy atom. The molecule has 1 rings (SSSR count). The molecule has 2 nitrogen and oxygen atoms in total. The van der Waals surface area contributed by atoms with Gasteiger partial charge in [-0.3, -0.25) is 0 Å². The highest BCUT2D eigenvalue weighted by molar-refractivity contribution is 6.31. The second-order valence-corrected chi connectivity index (χ2v) is 3.46. The second-order valence-electron chi connectivity index (χ2n) is 3.05. The summed E-state index contributed by atoms with van der Waals surface area (Å²) in [4.78, 5) is 4.45. The van der Waals surface area contributed by atoms with E-state index >= 15 is 0 Å². The molecule has 0 heterocycles. The van der Waals surface area contributed by atoms with Crippen LogP contribution in [0.3, 0.4) is 0 Å². The highest BCUT2D eigenvalue weighted by Gasteiger charge is 2.12. The molecule has 4 heteroatoms. The van der Waals surface area contributed by atoms with Crippen molar-refractivity contribution in [1.82, 2.24) is 0 Å². The van der Waals surface area contributed by atoms with Crippen molar-refractivity contribution in [2.75, 3.05) is 6.61 Å². The molecule has 0 aliphatic carbocycles. The number of alkyl halides is 1. The van der Waals surface area contributed by atoms with Crippen molar-refractivity contribution in [1.29, 1.82) is 0 Å². The van der Waals surface area contributed by atoms with Crippen molar-refractivity contribution in [3.05, 3.63) is 34.3 Å². The first-order valence-electron chi connectivity index (χ1n) is 4.40. The molecular formula is C10H13ClFNO. The van der Waals surface area contributed by atoms with Crippen molar-refractivity contribution >= 4 is 11.6 Å². The third-order valence-electron chi connectivity index (χ3n) is 2.03. The summed E-state index contributed by atoms with van der Waals surface area (Å²) >= 11 is 5.89. The topological polar surface area (TPSA) is 35.2 Å². The fourth-order valence-corrected chi connectivity index (χ4v) is 1.76. The Bertz CT molecular complexity index is 304. The lowest BCUT2D eigenvalue weighted by atomic mass is 10.0. The van der Waals surface area contributed by atoms with E-state index in [2.05, 4.69) is 4.84 Å². The molecular weight excluding hydrogens is 205 g/mol. The first kappa shape index (κ1) is 11.4. The molecule has 14 heavy (non-hydrogen) atoms. The third-order valence-corrected chi connectivity index (χ3v) is 2.36. The van der Waals surface area contributed by atoms with Gasteiger partial charge in [0.1, 0.15) is 6.17 Å². The van der Waals surface area contributed by atoms with Gasteiger partial charge in [-0.2, -0.15) is 0 Å². The van der Waals surface area contributed by atoms with Crippen LogP contribution in [0.1, 0.15) is 24.2 Å². The molecule has 1 aromatic rings. The van der Waals surface area contributed by atoms with E-state index in [-0.39, 0.29) is 0 Å². The largest absolute Gasteiger partial charge is 0.304 e. The normalized spacial score (nSPS) is 12.9. The number of rotatable bonds is 4. The zero-order chi connectivity index (χ0) is 10.6. The predicted molar refractivity (Wildman–Crippen MR) is 54.8 cm³/mol. The maximum absolute atomic E-state index is 13.2. The Kier molecular flexibility index (Phi) is 4.32. The van der Waals surface area contributed by atoms with Gasteiger partial charge in [0.25, 0.3) is 0 Å². The molecule has 1 atom stereocenters. The number of benzene rings is 1. The summed E-state index contributed by atoms with van der Waals surface area (Å²) in [6.07, 6.45) is -0.503. The van der Waals surface area contributed by atoms with Crippen molar-refractivity contribution in [3.8, 4) is 0 Å². The molecule has 0 radical (unpaired) electrons. The van der Waals surface area contributed by atoms with Crippen LogP contribution in [0.2, 0.25) is 5.02 Å². The maximum Gasteiger partial charge on any atom is 0.124 e. The lowest BCUT2D eigenvalue weighted by Gasteiger charge is -2.11. The molecule has 78 valence electrons. The van der Waals surface area contributed by atoms with Gasteiger partial charge in [-0.05, 0) is 25.0 Å². The van der Waals surface area contributed by atoms with E-state index in [4.69, 9.17) is 17.5 Å². The maximum atomic E-state index is 13.2. The van der Waals surface area contributed by atoms with Crippen LogP contribution in [0.4, 0.5) is 4.39 Å². The van der Waals surface area contributed by atoms with Crippen LogP contribution < -0.4 is 5.90 Å². The highest BCUT2D eigenvalue weighted by atomic mass is 35.5. The minimum atomic E-state index is -1.07. The molecule has 0 fully saturated rings. The van der Waals surface area contributed by atoms with E-state index in [1.807, 2.05) is 6.07 Å². The number of nitrogens with two attached hydrogens (primary N) is 1. The van der Waals surface area contributed by atoms with Crippen molar-refractivity contribution in [3.63, 3.8) is 0 Å². The van der Waals surface area contributed by atoms with E-state index in [1.165, 1.54) is 6.92 Å². The number of halogens is 2. The van der Waals surface area contributed by atoms with Crippen LogP contribution in [-0.4, -0.2) is 6.61 Å². The summed E-state index contributed by atoms with van der Waals surface area (Å²) < 4.78 is 13.2. The molecule has 2 N–H and O–H groups in total. The Morgan fingerprint density at radius 1 is 1.57 bits per heavy atom. The number of hydrogen-bond acceptors (Lipinski definition) is 2. The molecule has 0 bridgehead atoms. The first-order valence-corrected chi connectivity index (χ1v) is 4.77. The summed E-state index contributed by atoms with van der Waals surface area (Å²) in [6, 6.07) is 5.30. The van der Waals surface area contributed by atoms with E-state index in [0.29, 0.717) is 23.6 Å². The Labute approximate surface area is 87.8 Å². The first-order chi connectivity index (χ1) is 6.66. The minimum Gasteiger partial charge on any atom is -0.304 e. The summed E-state index contributed by atoms with van der Waals surface area (Å²) in [5.74, 6) is 4.91. The third kappa shape index (κ3) is 2.67. The van der Waals surface area contributed by atoms with Crippen molar-refractivity contribution in [2.45, 2.75) is 19.5 Å². The van der Waals surface area contributed by atoms with E-state index in [0.717, 1.165) is 5.56 Å². The van der Waals surface area contributed by atoms with Gasteiger partial charge in [0.05, 0.1) is 6.61 Å². The van der Waals surface area contributed by atoms with E-state index < -0.39 is 6.17 Å². The average molecular weight is 218 g/mol. The fraction of sp³-hybridized carbons (Fsp3) is 0.400. The van der Waals surface area contributed by atoms with Crippen LogP contribution >= 0.6 is 11.6 Å². The Morgan fingerprint density at radius 2 is 2.29 bits per heavy atom. The summed E-state index contributed by atoms with van der Waals surface area (Å²) in [7, 11) is 0. The van der Waals surface area contributed by atoms with Gasteiger partial charge >= 0.3 is 0 Å². The quantitative estimate of drug-likeness (QED) is 0.788. The Hall–Kier alpha value is -0.640. The second kappa shape index (κ2) is 5.29. The lowest BCUT2D eigenvalue weighted by Crippen LogP contribution is -2.06. The molecule has 0 saturated heterocycles. The molecule has 1 aromatic carbocycles. The van der Waals surface area contributed by atoms with Gasteiger partial charge < -0.3 is 4.84 Å². The number of hydrogen-bond donors (Lipinski definition) is 1. The molecule has 0 aliphatic heterocycles. The fourth-order valence-electron chi connectivity index (χ4n) is 1.41. The molecule has 0 aliphatic rings. The smallest absolute Gasteiger partial charge is 0.124 e. The molecule has 0 aromatic heterocycles. The zero-order valence-corrected chi connectivity index (χ0v) is 8.72. The Balaban J connectivity index is 2.96. The SMILES string of the molecule is CC(F)c1c(Cl)cccc1CCON. The molecule has 0 spiro atoms. The predicted octanol–water partition coefficient (Wildman–Crippen LogP) is 2.80. The summed E-state index contributed by atoms with van der Waals surface area (Å²) in [6.45, 7) is 1.83. The van der Waals surface area contributed by atoms with Crippen LogP contribution in [0.5, 0.6) is 0 Å². The van der Waals surface area contributed by atoms with Gasteiger partial charge in [-0.25, -0.2) is 10.3 Å². The van der Waals surface area contributed by atoms with Gasteiger partial charge in [0.2, 0.25) is 0 Å². The van der Waals surface area contributed by atoms with Crippen molar-refractivity contribution < 1.29 is 9.23 Å². The van der Waals surface area contributed by atoms with E-state index in [9.17, 15) is 4.39 Å². The molecule has 0 amide bonds. The van der Waals surface area contributed by atoms with Gasteiger partial charge in [-0.15, -0.1) is 0 Å². The monoisotopic (exact) mass is 217 g/mol. The van der Waals surface area contributed by atoms with Crippen LogP contribution in [0.25, 0.3) is 0 Å². The minimum absolute atomic E-state index is 0.361. The van der Waals surface area contributed by atoms with E-state index in [1.54, 1.807) is 12.1 Å². The van der Waals surface area contributed by atoms with Crippen LogP contribution in [0.15, 0.2) is 18.2 Å². The van der Waals surface area contributed by atoms with Gasteiger partial charge in [0, 0.05) is 10.6 Å².